The number of rotatable bonds is 6. The van der Waals surface area contributed by atoms with Crippen molar-refractivity contribution in [3.63, 3.8) is 0 Å². The van der Waals surface area contributed by atoms with Gasteiger partial charge in [0, 0.05) is 23.0 Å². The van der Waals surface area contributed by atoms with Gasteiger partial charge in [-0.05, 0) is 44.5 Å². The summed E-state index contributed by atoms with van der Waals surface area (Å²) < 4.78 is 29.4. The fourth-order valence-electron chi connectivity index (χ4n) is 2.73. The number of aromatic amines is 1. The number of aromatic nitrogens is 3. The molecule has 0 unspecified atom stereocenters. The van der Waals surface area contributed by atoms with Crippen LogP contribution in [0.4, 0.5) is 8.78 Å². The Hall–Kier alpha value is -3.07. The molecule has 0 saturated carbocycles. The maximum Gasteiger partial charge on any atom is 0.387 e. The summed E-state index contributed by atoms with van der Waals surface area (Å²) in [6.07, 6.45) is 2.90. The Morgan fingerprint density at radius 3 is 2.79 bits per heavy atom. The molecule has 0 aliphatic heterocycles. The Morgan fingerprint density at radius 1 is 1.36 bits per heavy atom. The molecule has 1 amide bonds. The number of nitrogens with zero attached hydrogens (tertiary/aromatic N) is 2. The number of hydrogen-bond acceptors (Lipinski definition) is 5. The Morgan fingerprint density at radius 2 is 2.11 bits per heavy atom. The zero-order valence-corrected chi connectivity index (χ0v) is 15.7. The van der Waals surface area contributed by atoms with E-state index in [1.165, 1.54) is 24.5 Å². The summed E-state index contributed by atoms with van der Waals surface area (Å²) in [5.41, 5.74) is 8.10. The van der Waals surface area contributed by atoms with Gasteiger partial charge in [0.25, 0.3) is 5.91 Å². The molecule has 2 aromatic heterocycles. The van der Waals surface area contributed by atoms with Crippen LogP contribution in [0.2, 0.25) is 0 Å². The van der Waals surface area contributed by atoms with Crippen molar-refractivity contribution in [2.45, 2.75) is 32.9 Å². The number of fused-ring (bicyclic) bond motifs is 1. The molecule has 7 nitrogen and oxygen atoms in total. The van der Waals surface area contributed by atoms with Crippen LogP contribution in [-0.2, 0) is 0 Å². The van der Waals surface area contributed by atoms with Gasteiger partial charge in [0.05, 0.1) is 18.1 Å². The van der Waals surface area contributed by atoms with Gasteiger partial charge in [-0.3, -0.25) is 9.78 Å². The minimum Gasteiger partial charge on any atom is -0.435 e. The van der Waals surface area contributed by atoms with Gasteiger partial charge in [0.15, 0.2) is 0 Å². The van der Waals surface area contributed by atoms with Crippen LogP contribution >= 0.6 is 0 Å². The number of carbonyl (C=O) groups excluding carboxylic acids is 1. The second-order valence-corrected chi connectivity index (χ2v) is 7.17. The fraction of sp³-hybridized carbons (Fsp3) is 0.316. The number of benzene rings is 1. The van der Waals surface area contributed by atoms with Crippen molar-refractivity contribution in [2.75, 3.05) is 6.54 Å². The van der Waals surface area contributed by atoms with Crippen molar-refractivity contribution in [1.82, 2.24) is 20.3 Å². The van der Waals surface area contributed by atoms with E-state index in [1.807, 2.05) is 6.92 Å². The van der Waals surface area contributed by atoms with Gasteiger partial charge in [-0.1, -0.05) is 0 Å². The molecule has 2 heterocycles. The number of amides is 1. The topological polar surface area (TPSA) is 106 Å². The molecule has 0 aliphatic carbocycles. The molecular formula is C19H21F2N5O2. The number of H-pyrrole nitrogens is 1. The smallest absolute Gasteiger partial charge is 0.387 e. The van der Waals surface area contributed by atoms with E-state index in [9.17, 15) is 13.6 Å². The van der Waals surface area contributed by atoms with Gasteiger partial charge < -0.3 is 20.8 Å². The van der Waals surface area contributed by atoms with Crippen LogP contribution < -0.4 is 15.8 Å². The average molecular weight is 389 g/mol. The van der Waals surface area contributed by atoms with Crippen molar-refractivity contribution in [2.24, 2.45) is 5.73 Å². The maximum atomic E-state index is 12.5. The standard InChI is InChI=1S/C19H21F2N5O2/c1-10-12-6-11(28-18(20)21)4-5-13(12)26-16(10)14-7-23-8-15(25-14)17(27)24-9-19(2,3)22/h4-8,18,26H,9,22H2,1-3H3,(H,24,27). The molecule has 148 valence electrons. The van der Waals surface area contributed by atoms with Gasteiger partial charge in [-0.2, -0.15) is 8.78 Å². The lowest BCUT2D eigenvalue weighted by molar-refractivity contribution is -0.0497. The normalized spacial score (nSPS) is 11.8. The Balaban J connectivity index is 1.92. The molecule has 0 aliphatic rings. The maximum absolute atomic E-state index is 12.5. The highest BCUT2D eigenvalue weighted by atomic mass is 19.3. The quantitative estimate of drug-likeness (QED) is 0.601. The van der Waals surface area contributed by atoms with Crippen LogP contribution in [0.5, 0.6) is 5.75 Å². The number of aryl methyl sites for hydroxylation is 1. The summed E-state index contributed by atoms with van der Waals surface area (Å²) in [6.45, 7) is 2.82. The van der Waals surface area contributed by atoms with Gasteiger partial charge >= 0.3 is 6.61 Å². The number of hydrogen-bond donors (Lipinski definition) is 3. The van der Waals surface area contributed by atoms with Crippen molar-refractivity contribution in [1.29, 1.82) is 0 Å². The lowest BCUT2D eigenvalue weighted by Gasteiger charge is -2.18. The first-order valence-electron chi connectivity index (χ1n) is 8.61. The monoisotopic (exact) mass is 389 g/mol. The largest absolute Gasteiger partial charge is 0.435 e. The van der Waals surface area contributed by atoms with Crippen LogP contribution in [0.15, 0.2) is 30.6 Å². The van der Waals surface area contributed by atoms with E-state index < -0.39 is 12.2 Å². The van der Waals surface area contributed by atoms with E-state index in [2.05, 4.69) is 25.0 Å². The minimum absolute atomic E-state index is 0.0692. The summed E-state index contributed by atoms with van der Waals surface area (Å²) >= 11 is 0. The summed E-state index contributed by atoms with van der Waals surface area (Å²) in [4.78, 5) is 24.0. The van der Waals surface area contributed by atoms with Crippen molar-refractivity contribution < 1.29 is 18.3 Å². The first-order chi connectivity index (χ1) is 13.1. The molecular weight excluding hydrogens is 368 g/mol. The first kappa shape index (κ1) is 19.7. The van der Waals surface area contributed by atoms with Gasteiger partial charge in [0.1, 0.15) is 17.1 Å². The van der Waals surface area contributed by atoms with Crippen LogP contribution in [0.1, 0.15) is 29.9 Å². The Labute approximate surface area is 160 Å². The molecule has 3 aromatic rings. The second kappa shape index (κ2) is 7.51. The molecule has 0 fully saturated rings. The highest BCUT2D eigenvalue weighted by Gasteiger charge is 2.17. The highest BCUT2D eigenvalue weighted by Crippen LogP contribution is 2.31. The van der Waals surface area contributed by atoms with E-state index in [4.69, 9.17) is 5.73 Å². The molecule has 0 atom stereocenters. The Kier molecular flexibility index (Phi) is 5.28. The van der Waals surface area contributed by atoms with Crippen molar-refractivity contribution in [3.05, 3.63) is 41.9 Å². The van der Waals surface area contributed by atoms with Crippen molar-refractivity contribution in [3.8, 4) is 17.1 Å². The summed E-state index contributed by atoms with van der Waals surface area (Å²) in [6, 6.07) is 4.64. The zero-order chi connectivity index (χ0) is 20.5. The van der Waals surface area contributed by atoms with Crippen LogP contribution in [0.25, 0.3) is 22.3 Å². The van der Waals surface area contributed by atoms with Gasteiger partial charge in [0.2, 0.25) is 0 Å². The predicted octanol–water partition coefficient (Wildman–Crippen LogP) is 3.00. The zero-order valence-electron chi connectivity index (χ0n) is 15.7. The molecule has 0 saturated heterocycles. The highest BCUT2D eigenvalue weighted by molar-refractivity contribution is 5.94. The van der Waals surface area contributed by atoms with Gasteiger partial charge in [-0.25, -0.2) is 4.98 Å². The van der Waals surface area contributed by atoms with Crippen LogP contribution in [0.3, 0.4) is 0 Å². The number of nitrogens with one attached hydrogen (secondary N) is 2. The molecule has 1 aromatic carbocycles. The first-order valence-corrected chi connectivity index (χ1v) is 8.61. The van der Waals surface area contributed by atoms with E-state index in [-0.39, 0.29) is 23.9 Å². The molecule has 9 heteroatoms. The molecule has 0 radical (unpaired) electrons. The fourth-order valence-corrected chi connectivity index (χ4v) is 2.73. The third kappa shape index (κ3) is 4.42. The van der Waals surface area contributed by atoms with E-state index >= 15 is 0 Å². The third-order valence-electron chi connectivity index (χ3n) is 4.08. The SMILES string of the molecule is Cc1c(-c2cncc(C(=O)NCC(C)(C)N)n2)[nH]c2ccc(OC(F)F)cc12. The van der Waals surface area contributed by atoms with Crippen molar-refractivity contribution >= 4 is 16.8 Å². The van der Waals surface area contributed by atoms with Crippen LogP contribution in [0, 0.1) is 6.92 Å². The van der Waals surface area contributed by atoms with E-state index in [1.54, 1.807) is 19.9 Å². The number of alkyl halides is 2. The van der Waals surface area contributed by atoms with Gasteiger partial charge in [-0.15, -0.1) is 0 Å². The summed E-state index contributed by atoms with van der Waals surface area (Å²) in [5.74, 6) is -0.311. The van der Waals surface area contributed by atoms with E-state index in [0.717, 1.165) is 16.5 Å². The number of halogens is 2. The summed E-state index contributed by atoms with van der Waals surface area (Å²) in [5, 5.41) is 3.44. The lowest BCUT2D eigenvalue weighted by Crippen LogP contribution is -2.45. The second-order valence-electron chi connectivity index (χ2n) is 7.17. The number of nitrogens with two attached hydrogens (primary N) is 1. The number of carbonyl (C=O) groups is 1. The Bertz CT molecular complexity index is 1010. The molecule has 3 rings (SSSR count). The molecule has 4 N–H and O–H groups in total. The number of ether oxygens (including phenoxy) is 1. The van der Waals surface area contributed by atoms with Crippen LogP contribution in [-0.4, -0.2) is 39.6 Å². The molecule has 0 spiro atoms. The molecule has 0 bridgehead atoms. The average Bonchev–Trinajstić information content (AvgIpc) is 2.95. The lowest BCUT2D eigenvalue weighted by atomic mass is 10.1. The van der Waals surface area contributed by atoms with E-state index in [0.29, 0.717) is 11.4 Å². The minimum atomic E-state index is -2.89. The predicted molar refractivity (Wildman–Crippen MR) is 101 cm³/mol. The third-order valence-corrected chi connectivity index (χ3v) is 4.08. The summed E-state index contributed by atoms with van der Waals surface area (Å²) in [7, 11) is 0. The molecule has 28 heavy (non-hydrogen) atoms.